The van der Waals surface area contributed by atoms with Crippen molar-refractivity contribution in [1.82, 2.24) is 4.57 Å². The number of rotatable bonds is 4. The highest BCUT2D eigenvalue weighted by atomic mass is 35.5. The van der Waals surface area contributed by atoms with Crippen molar-refractivity contribution in [3.05, 3.63) is 76.8 Å². The van der Waals surface area contributed by atoms with Gasteiger partial charge in [0.1, 0.15) is 0 Å². The number of benzene rings is 3. The van der Waals surface area contributed by atoms with Crippen LogP contribution in [0.15, 0.2) is 65.6 Å². The van der Waals surface area contributed by atoms with Crippen LogP contribution in [0.25, 0.3) is 21.8 Å². The quantitative estimate of drug-likeness (QED) is 0.550. The van der Waals surface area contributed by atoms with Gasteiger partial charge in [-0.05, 0) is 29.8 Å². The first-order valence-electron chi connectivity index (χ1n) is 8.56. The molecule has 4 rings (SSSR count). The SMILES string of the molecule is CS(=O)(=O)c1ccccc1Cn1c2cccc(C(N)=O)c2c2cccc(Cl)c21. The first-order valence-corrected chi connectivity index (χ1v) is 10.8. The van der Waals surface area contributed by atoms with Gasteiger partial charge in [-0.3, -0.25) is 4.79 Å². The molecule has 0 saturated heterocycles. The molecular formula is C21H17ClN2O3S. The third-order valence-corrected chi connectivity index (χ3v) is 6.33. The number of primary amides is 1. The third kappa shape index (κ3) is 2.95. The number of hydrogen-bond acceptors (Lipinski definition) is 3. The van der Waals surface area contributed by atoms with Crippen LogP contribution in [0, 0.1) is 0 Å². The summed E-state index contributed by atoms with van der Waals surface area (Å²) in [5.41, 5.74) is 8.14. The van der Waals surface area contributed by atoms with E-state index in [4.69, 9.17) is 17.3 Å². The second-order valence-electron chi connectivity index (χ2n) is 6.67. The molecule has 28 heavy (non-hydrogen) atoms. The molecule has 0 spiro atoms. The fraction of sp³-hybridized carbons (Fsp3) is 0.0952. The zero-order valence-corrected chi connectivity index (χ0v) is 16.6. The zero-order chi connectivity index (χ0) is 20.1. The molecule has 1 heterocycles. The fourth-order valence-corrected chi connectivity index (χ4v) is 4.91. The molecule has 0 aliphatic carbocycles. The number of carbonyl (C=O) groups is 1. The van der Waals surface area contributed by atoms with Gasteiger partial charge in [-0.2, -0.15) is 0 Å². The number of nitrogens with two attached hydrogens (primary N) is 1. The largest absolute Gasteiger partial charge is 0.366 e. The van der Waals surface area contributed by atoms with Crippen LogP contribution in [0.3, 0.4) is 0 Å². The van der Waals surface area contributed by atoms with Crippen LogP contribution in [-0.2, 0) is 16.4 Å². The molecule has 0 atom stereocenters. The van der Waals surface area contributed by atoms with Gasteiger partial charge in [0.25, 0.3) is 0 Å². The van der Waals surface area contributed by atoms with Crippen LogP contribution in [0.2, 0.25) is 5.02 Å². The lowest BCUT2D eigenvalue weighted by atomic mass is 10.1. The van der Waals surface area contributed by atoms with E-state index in [0.29, 0.717) is 21.5 Å². The highest BCUT2D eigenvalue weighted by molar-refractivity contribution is 7.90. The Morgan fingerprint density at radius 1 is 1.04 bits per heavy atom. The van der Waals surface area contributed by atoms with Gasteiger partial charge in [0.05, 0.1) is 21.0 Å². The van der Waals surface area contributed by atoms with E-state index in [1.54, 1.807) is 42.5 Å². The van der Waals surface area contributed by atoms with E-state index in [1.165, 1.54) is 6.26 Å². The summed E-state index contributed by atoms with van der Waals surface area (Å²) < 4.78 is 26.4. The van der Waals surface area contributed by atoms with Gasteiger partial charge in [-0.15, -0.1) is 0 Å². The predicted octanol–water partition coefficient (Wildman–Crippen LogP) is 4.00. The fourth-order valence-electron chi connectivity index (χ4n) is 3.70. The monoisotopic (exact) mass is 412 g/mol. The van der Waals surface area contributed by atoms with Gasteiger partial charge in [-0.25, -0.2) is 8.42 Å². The maximum Gasteiger partial charge on any atom is 0.249 e. The third-order valence-electron chi connectivity index (χ3n) is 4.83. The molecule has 2 N–H and O–H groups in total. The van der Waals surface area contributed by atoms with Gasteiger partial charge >= 0.3 is 0 Å². The molecule has 0 aliphatic rings. The normalized spacial score (nSPS) is 11.9. The molecule has 7 heteroatoms. The molecule has 0 bridgehead atoms. The molecule has 0 saturated carbocycles. The Kier molecular flexibility index (Phi) is 4.40. The average molecular weight is 413 g/mol. The second-order valence-corrected chi connectivity index (χ2v) is 9.06. The van der Waals surface area contributed by atoms with E-state index in [2.05, 4.69) is 0 Å². The van der Waals surface area contributed by atoms with Gasteiger partial charge in [0, 0.05) is 29.1 Å². The predicted molar refractivity (Wildman–Crippen MR) is 112 cm³/mol. The number of para-hydroxylation sites is 1. The summed E-state index contributed by atoms with van der Waals surface area (Å²) in [6.45, 7) is 0.287. The number of fused-ring (bicyclic) bond motifs is 3. The first-order chi connectivity index (χ1) is 13.3. The van der Waals surface area contributed by atoms with Crippen LogP contribution in [0.5, 0.6) is 0 Å². The number of aromatic nitrogens is 1. The Bertz CT molecular complexity index is 1360. The van der Waals surface area contributed by atoms with E-state index in [0.717, 1.165) is 16.4 Å². The molecule has 3 aromatic carbocycles. The number of amides is 1. The van der Waals surface area contributed by atoms with Gasteiger partial charge in [0.2, 0.25) is 5.91 Å². The summed E-state index contributed by atoms with van der Waals surface area (Å²) in [6.07, 6.45) is 1.19. The maximum absolute atomic E-state index is 12.2. The standard InChI is InChI=1S/C21H17ClN2O3S/c1-28(26,27)18-11-3-2-6-13(18)12-24-17-10-5-8-15(21(23)25)19(17)14-7-4-9-16(22)20(14)24/h2-11H,12H2,1H3,(H2,23,25). The minimum Gasteiger partial charge on any atom is -0.366 e. The van der Waals surface area contributed by atoms with Crippen LogP contribution < -0.4 is 5.73 Å². The summed E-state index contributed by atoms with van der Waals surface area (Å²) in [6, 6.07) is 17.7. The highest BCUT2D eigenvalue weighted by Gasteiger charge is 2.20. The molecule has 142 valence electrons. The minimum atomic E-state index is -3.40. The number of sulfone groups is 1. The Balaban J connectivity index is 2.08. The molecule has 0 aliphatic heterocycles. The van der Waals surface area contributed by atoms with Crippen molar-refractivity contribution in [3.63, 3.8) is 0 Å². The molecule has 5 nitrogen and oxygen atoms in total. The van der Waals surface area contributed by atoms with Gasteiger partial charge < -0.3 is 10.3 Å². The summed E-state index contributed by atoms with van der Waals surface area (Å²) in [5, 5.41) is 2.03. The molecule has 0 fully saturated rings. The maximum atomic E-state index is 12.2. The topological polar surface area (TPSA) is 82.2 Å². The first kappa shape index (κ1) is 18.5. The smallest absolute Gasteiger partial charge is 0.249 e. The minimum absolute atomic E-state index is 0.267. The molecule has 4 aromatic rings. The highest BCUT2D eigenvalue weighted by Crippen LogP contribution is 2.36. The van der Waals surface area contributed by atoms with Crippen LogP contribution in [-0.4, -0.2) is 25.1 Å². The zero-order valence-electron chi connectivity index (χ0n) is 15.0. The van der Waals surface area contributed by atoms with Crippen LogP contribution in [0.1, 0.15) is 15.9 Å². The van der Waals surface area contributed by atoms with E-state index in [9.17, 15) is 13.2 Å². The average Bonchev–Trinajstić information content (AvgIpc) is 2.96. The summed E-state index contributed by atoms with van der Waals surface area (Å²) in [4.78, 5) is 12.3. The van der Waals surface area contributed by atoms with Crippen molar-refractivity contribution >= 4 is 49.2 Å². The van der Waals surface area contributed by atoms with Crippen molar-refractivity contribution in [3.8, 4) is 0 Å². The Labute approximate surface area is 167 Å². The van der Waals surface area contributed by atoms with E-state index < -0.39 is 15.7 Å². The lowest BCUT2D eigenvalue weighted by molar-refractivity contribution is 0.100. The van der Waals surface area contributed by atoms with Crippen LogP contribution >= 0.6 is 11.6 Å². The van der Waals surface area contributed by atoms with Gasteiger partial charge in [0.15, 0.2) is 9.84 Å². The number of halogens is 1. The molecule has 0 unspecified atom stereocenters. The molecular weight excluding hydrogens is 396 g/mol. The molecule has 1 aromatic heterocycles. The molecule has 1 amide bonds. The summed E-state index contributed by atoms with van der Waals surface area (Å²) in [7, 11) is -3.40. The Hall–Kier alpha value is -2.83. The van der Waals surface area contributed by atoms with Crippen molar-refractivity contribution in [2.45, 2.75) is 11.4 Å². The summed E-state index contributed by atoms with van der Waals surface area (Å²) >= 11 is 6.51. The van der Waals surface area contributed by atoms with Crippen molar-refractivity contribution in [1.29, 1.82) is 0 Å². The second kappa shape index (κ2) is 6.65. The number of hydrogen-bond donors (Lipinski definition) is 1. The van der Waals surface area contributed by atoms with E-state index in [-0.39, 0.29) is 11.4 Å². The van der Waals surface area contributed by atoms with Crippen LogP contribution in [0.4, 0.5) is 0 Å². The lowest BCUT2D eigenvalue weighted by Crippen LogP contribution is -2.11. The van der Waals surface area contributed by atoms with Crippen molar-refractivity contribution < 1.29 is 13.2 Å². The van der Waals surface area contributed by atoms with Crippen molar-refractivity contribution in [2.75, 3.05) is 6.26 Å². The van der Waals surface area contributed by atoms with Crippen molar-refractivity contribution in [2.24, 2.45) is 5.73 Å². The van der Waals surface area contributed by atoms with E-state index >= 15 is 0 Å². The molecule has 0 radical (unpaired) electrons. The van der Waals surface area contributed by atoms with E-state index in [1.807, 2.05) is 22.8 Å². The Morgan fingerprint density at radius 2 is 1.75 bits per heavy atom. The lowest BCUT2D eigenvalue weighted by Gasteiger charge is -2.12. The van der Waals surface area contributed by atoms with Gasteiger partial charge in [-0.1, -0.05) is 48.0 Å². The summed E-state index contributed by atoms with van der Waals surface area (Å²) in [5.74, 6) is -0.527. The Morgan fingerprint density at radius 3 is 2.46 bits per heavy atom. The number of nitrogens with zero attached hydrogens (tertiary/aromatic N) is 1. The number of carbonyl (C=O) groups excluding carboxylic acids is 1.